The van der Waals surface area contributed by atoms with Crippen LogP contribution in [0, 0.1) is 12.8 Å². The number of rotatable bonds is 4. The van der Waals surface area contributed by atoms with Crippen molar-refractivity contribution in [3.63, 3.8) is 0 Å². The smallest absolute Gasteiger partial charge is 0.321 e. The lowest BCUT2D eigenvalue weighted by atomic mass is 10.2. The summed E-state index contributed by atoms with van der Waals surface area (Å²) in [5, 5.41) is 6.69. The van der Waals surface area contributed by atoms with Crippen molar-refractivity contribution in [2.75, 3.05) is 11.9 Å². The minimum absolute atomic E-state index is 0.215. The van der Waals surface area contributed by atoms with Gasteiger partial charge < -0.3 is 15.6 Å². The van der Waals surface area contributed by atoms with Crippen molar-refractivity contribution < 1.29 is 4.52 Å². The van der Waals surface area contributed by atoms with Gasteiger partial charge in [-0.25, -0.2) is 0 Å². The molecule has 1 heterocycles. The molecule has 72 valence electrons. The van der Waals surface area contributed by atoms with Crippen molar-refractivity contribution >= 4 is 6.01 Å². The molecule has 3 N–H and O–H groups in total. The van der Waals surface area contributed by atoms with E-state index >= 15 is 0 Å². The number of nitrogens with one attached hydrogen (secondary N) is 1. The molecule has 0 spiro atoms. The zero-order valence-electron chi connectivity index (χ0n) is 7.66. The third-order valence-electron chi connectivity index (χ3n) is 2.24. The van der Waals surface area contributed by atoms with Gasteiger partial charge in [0.25, 0.3) is 0 Å². The molecule has 0 aromatic carbocycles. The molecule has 5 heteroatoms. The number of nitrogens with zero attached hydrogens (tertiary/aromatic N) is 2. The first kappa shape index (κ1) is 8.50. The Balaban J connectivity index is 1.78. The van der Waals surface area contributed by atoms with Gasteiger partial charge in [0.05, 0.1) is 0 Å². The maximum atomic E-state index is 5.88. The average Bonchev–Trinajstić information content (AvgIpc) is 2.87. The molecule has 1 unspecified atom stereocenters. The predicted molar refractivity (Wildman–Crippen MR) is 48.2 cm³/mol. The molecule has 0 radical (unpaired) electrons. The molecule has 13 heavy (non-hydrogen) atoms. The zero-order chi connectivity index (χ0) is 9.26. The molecule has 1 aromatic heterocycles. The van der Waals surface area contributed by atoms with Crippen molar-refractivity contribution in [3.05, 3.63) is 5.82 Å². The van der Waals surface area contributed by atoms with Crippen molar-refractivity contribution in [1.82, 2.24) is 10.1 Å². The predicted octanol–water partition coefficient (Wildman–Crippen LogP) is 0.527. The Morgan fingerprint density at radius 3 is 3.00 bits per heavy atom. The first-order chi connectivity index (χ1) is 6.25. The molecular formula is C8H14N4O. The fraction of sp³-hybridized carbons (Fsp3) is 0.750. The first-order valence-electron chi connectivity index (χ1n) is 4.55. The van der Waals surface area contributed by atoms with Gasteiger partial charge in [0.2, 0.25) is 0 Å². The summed E-state index contributed by atoms with van der Waals surface area (Å²) in [6.07, 6.45) is 2.51. The third-order valence-corrected chi connectivity index (χ3v) is 2.24. The van der Waals surface area contributed by atoms with E-state index in [1.165, 1.54) is 12.8 Å². The van der Waals surface area contributed by atoms with E-state index in [4.69, 9.17) is 10.3 Å². The monoisotopic (exact) mass is 182 g/mol. The summed E-state index contributed by atoms with van der Waals surface area (Å²) in [5.41, 5.74) is 5.88. The number of hydrogen-bond donors (Lipinski definition) is 2. The minimum Gasteiger partial charge on any atom is -0.336 e. The Bertz CT molecular complexity index is 281. The van der Waals surface area contributed by atoms with Gasteiger partial charge in [0, 0.05) is 12.6 Å². The van der Waals surface area contributed by atoms with Crippen LogP contribution in [0.2, 0.25) is 0 Å². The lowest BCUT2D eigenvalue weighted by molar-refractivity contribution is 0.423. The van der Waals surface area contributed by atoms with Crippen LogP contribution in [-0.4, -0.2) is 22.7 Å². The van der Waals surface area contributed by atoms with Crippen molar-refractivity contribution in [2.24, 2.45) is 11.7 Å². The van der Waals surface area contributed by atoms with Gasteiger partial charge in [-0.05, 0) is 25.7 Å². The second-order valence-electron chi connectivity index (χ2n) is 3.53. The van der Waals surface area contributed by atoms with E-state index in [1.54, 1.807) is 6.92 Å². The standard InChI is InChI=1S/C8H14N4O/c1-5-11-8(13-12-5)10-4-7(9)6-2-3-6/h6-7H,2-4,9H2,1H3,(H,10,11,12). The molecule has 1 saturated carbocycles. The number of aromatic nitrogens is 2. The van der Waals surface area contributed by atoms with Gasteiger partial charge in [-0.15, -0.1) is 0 Å². The molecule has 0 bridgehead atoms. The summed E-state index contributed by atoms with van der Waals surface area (Å²) in [4.78, 5) is 4.02. The highest BCUT2D eigenvalue weighted by Crippen LogP contribution is 2.31. The maximum absolute atomic E-state index is 5.88. The van der Waals surface area contributed by atoms with Crippen LogP contribution in [0.1, 0.15) is 18.7 Å². The summed E-state index contributed by atoms with van der Waals surface area (Å²) in [6.45, 7) is 2.50. The van der Waals surface area contributed by atoms with E-state index in [1.807, 2.05) is 0 Å². The normalized spacial score (nSPS) is 18.6. The Morgan fingerprint density at radius 1 is 1.69 bits per heavy atom. The number of anilines is 1. The van der Waals surface area contributed by atoms with E-state index in [-0.39, 0.29) is 6.04 Å². The van der Waals surface area contributed by atoms with Gasteiger partial charge in [-0.1, -0.05) is 5.16 Å². The quantitative estimate of drug-likeness (QED) is 0.710. The average molecular weight is 182 g/mol. The molecule has 1 aromatic rings. The summed E-state index contributed by atoms with van der Waals surface area (Å²) < 4.78 is 4.89. The van der Waals surface area contributed by atoms with Crippen LogP contribution in [0.4, 0.5) is 6.01 Å². The minimum atomic E-state index is 0.215. The molecule has 1 atom stereocenters. The van der Waals surface area contributed by atoms with Crippen LogP contribution in [0.3, 0.4) is 0 Å². The van der Waals surface area contributed by atoms with Crippen LogP contribution < -0.4 is 11.1 Å². The summed E-state index contributed by atoms with van der Waals surface area (Å²) in [6, 6.07) is 0.681. The van der Waals surface area contributed by atoms with Crippen LogP contribution in [0.5, 0.6) is 0 Å². The third kappa shape index (κ3) is 2.18. The highest BCUT2D eigenvalue weighted by Gasteiger charge is 2.28. The summed E-state index contributed by atoms with van der Waals surface area (Å²) in [5.74, 6) is 1.33. The Labute approximate surface area is 76.7 Å². The van der Waals surface area contributed by atoms with Crippen molar-refractivity contribution in [3.8, 4) is 0 Å². The molecule has 0 amide bonds. The Kier molecular flexibility index (Phi) is 2.18. The molecule has 2 rings (SSSR count). The van der Waals surface area contributed by atoms with Crippen LogP contribution in [0.15, 0.2) is 4.52 Å². The van der Waals surface area contributed by atoms with Crippen molar-refractivity contribution in [2.45, 2.75) is 25.8 Å². The highest BCUT2D eigenvalue weighted by atomic mass is 16.5. The van der Waals surface area contributed by atoms with Gasteiger partial charge >= 0.3 is 6.01 Å². The van der Waals surface area contributed by atoms with E-state index < -0.39 is 0 Å². The Hall–Kier alpha value is -1.10. The molecule has 0 saturated heterocycles. The second-order valence-corrected chi connectivity index (χ2v) is 3.53. The topological polar surface area (TPSA) is 77.0 Å². The van der Waals surface area contributed by atoms with Gasteiger partial charge in [-0.3, -0.25) is 0 Å². The SMILES string of the molecule is Cc1noc(NCC(N)C2CC2)n1. The summed E-state index contributed by atoms with van der Waals surface area (Å²) >= 11 is 0. The first-order valence-corrected chi connectivity index (χ1v) is 4.55. The maximum Gasteiger partial charge on any atom is 0.321 e. The zero-order valence-corrected chi connectivity index (χ0v) is 7.66. The summed E-state index contributed by atoms with van der Waals surface area (Å²) in [7, 11) is 0. The second kappa shape index (κ2) is 3.33. The van der Waals surface area contributed by atoms with E-state index in [0.29, 0.717) is 24.3 Å². The van der Waals surface area contributed by atoms with Gasteiger partial charge in [-0.2, -0.15) is 4.98 Å². The number of nitrogens with two attached hydrogens (primary N) is 1. The highest BCUT2D eigenvalue weighted by molar-refractivity contribution is 5.18. The van der Waals surface area contributed by atoms with Crippen LogP contribution in [-0.2, 0) is 0 Å². The van der Waals surface area contributed by atoms with E-state index in [9.17, 15) is 0 Å². The molecule has 5 nitrogen and oxygen atoms in total. The molecule has 1 aliphatic carbocycles. The number of hydrogen-bond acceptors (Lipinski definition) is 5. The fourth-order valence-electron chi connectivity index (χ4n) is 1.27. The van der Waals surface area contributed by atoms with E-state index in [0.717, 1.165) is 0 Å². The molecule has 1 aliphatic rings. The molecule has 1 fully saturated rings. The fourth-order valence-corrected chi connectivity index (χ4v) is 1.27. The van der Waals surface area contributed by atoms with Gasteiger partial charge in [0.1, 0.15) is 0 Å². The van der Waals surface area contributed by atoms with Crippen LogP contribution >= 0.6 is 0 Å². The van der Waals surface area contributed by atoms with Crippen LogP contribution in [0.25, 0.3) is 0 Å². The molecule has 0 aliphatic heterocycles. The number of aryl methyl sites for hydroxylation is 1. The lowest BCUT2D eigenvalue weighted by Crippen LogP contribution is -2.31. The molecular weight excluding hydrogens is 168 g/mol. The van der Waals surface area contributed by atoms with Crippen molar-refractivity contribution in [1.29, 1.82) is 0 Å². The largest absolute Gasteiger partial charge is 0.336 e. The van der Waals surface area contributed by atoms with E-state index in [2.05, 4.69) is 15.5 Å². The Morgan fingerprint density at radius 2 is 2.46 bits per heavy atom. The van der Waals surface area contributed by atoms with Gasteiger partial charge in [0.15, 0.2) is 5.82 Å². The lowest BCUT2D eigenvalue weighted by Gasteiger charge is -2.08.